The number of halogens is 1. The van der Waals surface area contributed by atoms with Gasteiger partial charge in [-0.2, -0.15) is 0 Å². The summed E-state index contributed by atoms with van der Waals surface area (Å²) in [7, 11) is 0. The minimum absolute atomic E-state index is 0.281. The first-order chi connectivity index (χ1) is 7.74. The van der Waals surface area contributed by atoms with E-state index in [0.29, 0.717) is 24.4 Å². The second kappa shape index (κ2) is 7.16. The summed E-state index contributed by atoms with van der Waals surface area (Å²) in [5.41, 5.74) is 0. The average Bonchev–Trinajstić information content (AvgIpc) is 2.82. The lowest BCUT2D eigenvalue weighted by atomic mass is 10.0. The van der Waals surface area contributed by atoms with Crippen LogP contribution in [0.2, 0.25) is 0 Å². The monoisotopic (exact) mass is 245 g/mol. The molecule has 0 atom stereocenters. The van der Waals surface area contributed by atoms with Gasteiger partial charge < -0.3 is 4.90 Å². The predicted octanol–water partition coefficient (Wildman–Crippen LogP) is 3.43. The van der Waals surface area contributed by atoms with Crippen LogP contribution in [0.1, 0.15) is 52.4 Å². The van der Waals surface area contributed by atoms with E-state index in [-0.39, 0.29) is 5.92 Å². The van der Waals surface area contributed by atoms with Crippen molar-refractivity contribution in [1.82, 2.24) is 4.90 Å². The second-order valence-corrected chi connectivity index (χ2v) is 5.05. The van der Waals surface area contributed by atoms with Crippen LogP contribution < -0.4 is 0 Å². The van der Waals surface area contributed by atoms with Gasteiger partial charge in [-0.25, -0.2) is 0 Å². The van der Waals surface area contributed by atoms with Gasteiger partial charge in [0.25, 0.3) is 0 Å². The summed E-state index contributed by atoms with van der Waals surface area (Å²) in [5, 5.41) is 0. The Kier molecular flexibility index (Phi) is 6.18. The number of nitrogens with zero attached hydrogens (tertiary/aromatic N) is 1. The molecule has 16 heavy (non-hydrogen) atoms. The van der Waals surface area contributed by atoms with Crippen molar-refractivity contribution in [2.75, 3.05) is 12.4 Å². The van der Waals surface area contributed by atoms with Crippen LogP contribution in [-0.4, -0.2) is 29.3 Å². The molecule has 0 bridgehead atoms. The molecular weight excluding hydrogens is 222 g/mol. The van der Waals surface area contributed by atoms with Gasteiger partial charge in [-0.3, -0.25) is 4.79 Å². The van der Waals surface area contributed by atoms with Crippen LogP contribution in [0.15, 0.2) is 0 Å². The highest BCUT2D eigenvalue weighted by Crippen LogP contribution is 2.27. The van der Waals surface area contributed by atoms with Crippen LogP contribution in [0.25, 0.3) is 0 Å². The zero-order chi connectivity index (χ0) is 12.0. The highest BCUT2D eigenvalue weighted by molar-refractivity contribution is 6.18. The van der Waals surface area contributed by atoms with Gasteiger partial charge in [-0.05, 0) is 25.7 Å². The van der Waals surface area contributed by atoms with Crippen LogP contribution >= 0.6 is 11.6 Å². The normalized spacial score (nSPS) is 17.0. The van der Waals surface area contributed by atoms with Gasteiger partial charge in [0.15, 0.2) is 0 Å². The van der Waals surface area contributed by atoms with Gasteiger partial charge in [0.1, 0.15) is 0 Å². The Hall–Kier alpha value is -0.240. The molecule has 0 heterocycles. The molecule has 0 unspecified atom stereocenters. The summed E-state index contributed by atoms with van der Waals surface area (Å²) in [6.45, 7) is 5.01. The lowest BCUT2D eigenvalue weighted by Crippen LogP contribution is -2.43. The Morgan fingerprint density at radius 2 is 1.88 bits per heavy atom. The molecule has 0 aliphatic heterocycles. The van der Waals surface area contributed by atoms with Crippen molar-refractivity contribution in [3.05, 3.63) is 0 Å². The number of carbonyl (C=O) groups is 1. The van der Waals surface area contributed by atoms with E-state index in [1.165, 1.54) is 12.8 Å². The molecule has 1 saturated carbocycles. The van der Waals surface area contributed by atoms with Gasteiger partial charge in [0.05, 0.1) is 0 Å². The van der Waals surface area contributed by atoms with E-state index >= 15 is 0 Å². The summed E-state index contributed by atoms with van der Waals surface area (Å²) in [6, 6.07) is 0.381. The van der Waals surface area contributed by atoms with Gasteiger partial charge in [-0.15, -0.1) is 11.6 Å². The standard InChI is InChI=1S/C13H24ClNO/c1-3-12(4-2)15(10-9-14)13(16)11-7-5-6-8-11/h11-12H,3-10H2,1-2H3. The van der Waals surface area contributed by atoms with E-state index in [9.17, 15) is 4.79 Å². The molecule has 1 amide bonds. The molecule has 0 saturated heterocycles. The Bertz CT molecular complexity index is 210. The topological polar surface area (TPSA) is 20.3 Å². The fraction of sp³-hybridized carbons (Fsp3) is 0.923. The predicted molar refractivity (Wildman–Crippen MR) is 68.8 cm³/mol. The van der Waals surface area contributed by atoms with Crippen molar-refractivity contribution in [1.29, 1.82) is 0 Å². The SMILES string of the molecule is CCC(CC)N(CCCl)C(=O)C1CCCC1. The number of alkyl halides is 1. The maximum atomic E-state index is 12.4. The molecule has 1 rings (SSSR count). The first-order valence-corrected chi connectivity index (χ1v) is 7.14. The molecule has 1 fully saturated rings. The highest BCUT2D eigenvalue weighted by atomic mass is 35.5. The second-order valence-electron chi connectivity index (χ2n) is 4.67. The number of hydrogen-bond acceptors (Lipinski definition) is 1. The summed E-state index contributed by atoms with van der Waals surface area (Å²) < 4.78 is 0. The minimum Gasteiger partial charge on any atom is -0.338 e. The number of carbonyl (C=O) groups excluding carboxylic acids is 1. The molecule has 2 nitrogen and oxygen atoms in total. The van der Waals surface area contributed by atoms with Crippen molar-refractivity contribution in [3.63, 3.8) is 0 Å². The molecule has 3 heteroatoms. The fourth-order valence-electron chi connectivity index (χ4n) is 2.70. The summed E-state index contributed by atoms with van der Waals surface area (Å²) in [5.74, 6) is 1.19. The maximum Gasteiger partial charge on any atom is 0.225 e. The van der Waals surface area contributed by atoms with E-state index in [2.05, 4.69) is 13.8 Å². The average molecular weight is 246 g/mol. The minimum atomic E-state index is 0.281. The van der Waals surface area contributed by atoms with Gasteiger partial charge in [-0.1, -0.05) is 26.7 Å². The third-order valence-corrected chi connectivity index (χ3v) is 3.87. The molecule has 0 spiro atoms. The molecule has 0 N–H and O–H groups in total. The molecule has 1 aliphatic carbocycles. The fourth-order valence-corrected chi connectivity index (χ4v) is 2.88. The third-order valence-electron chi connectivity index (χ3n) is 3.70. The van der Waals surface area contributed by atoms with E-state index in [4.69, 9.17) is 11.6 Å². The highest BCUT2D eigenvalue weighted by Gasteiger charge is 2.29. The molecule has 0 aromatic rings. The largest absolute Gasteiger partial charge is 0.338 e. The van der Waals surface area contributed by atoms with Crippen molar-refractivity contribution in [2.24, 2.45) is 5.92 Å². The molecule has 94 valence electrons. The zero-order valence-corrected chi connectivity index (χ0v) is 11.3. The van der Waals surface area contributed by atoms with Crippen molar-refractivity contribution in [2.45, 2.75) is 58.4 Å². The quantitative estimate of drug-likeness (QED) is 0.657. The first kappa shape index (κ1) is 13.8. The van der Waals surface area contributed by atoms with Crippen LogP contribution in [0.4, 0.5) is 0 Å². The maximum absolute atomic E-state index is 12.4. The van der Waals surface area contributed by atoms with Crippen LogP contribution in [-0.2, 0) is 4.79 Å². The van der Waals surface area contributed by atoms with E-state index < -0.39 is 0 Å². The Labute approximate surface area is 104 Å². The van der Waals surface area contributed by atoms with Gasteiger partial charge in [0, 0.05) is 24.4 Å². The lowest BCUT2D eigenvalue weighted by Gasteiger charge is -2.32. The zero-order valence-electron chi connectivity index (χ0n) is 10.5. The Balaban J connectivity index is 2.63. The lowest BCUT2D eigenvalue weighted by molar-refractivity contribution is -0.137. The van der Waals surface area contributed by atoms with Crippen LogP contribution in [0, 0.1) is 5.92 Å². The number of rotatable bonds is 6. The van der Waals surface area contributed by atoms with E-state index in [1.807, 2.05) is 4.90 Å². The third kappa shape index (κ3) is 3.38. The van der Waals surface area contributed by atoms with Crippen LogP contribution in [0.5, 0.6) is 0 Å². The smallest absolute Gasteiger partial charge is 0.225 e. The Morgan fingerprint density at radius 1 is 1.31 bits per heavy atom. The molecule has 1 aliphatic rings. The first-order valence-electron chi connectivity index (χ1n) is 6.61. The molecule has 0 aromatic carbocycles. The van der Waals surface area contributed by atoms with Gasteiger partial charge in [0.2, 0.25) is 5.91 Å². The summed E-state index contributed by atoms with van der Waals surface area (Å²) in [6.07, 6.45) is 6.66. The van der Waals surface area contributed by atoms with E-state index in [1.54, 1.807) is 0 Å². The van der Waals surface area contributed by atoms with Crippen LogP contribution in [0.3, 0.4) is 0 Å². The summed E-state index contributed by atoms with van der Waals surface area (Å²) >= 11 is 5.81. The van der Waals surface area contributed by atoms with Gasteiger partial charge >= 0.3 is 0 Å². The number of hydrogen-bond donors (Lipinski definition) is 0. The van der Waals surface area contributed by atoms with Crippen molar-refractivity contribution >= 4 is 17.5 Å². The molecular formula is C13H24ClNO. The summed E-state index contributed by atoms with van der Waals surface area (Å²) in [4.78, 5) is 14.4. The van der Waals surface area contributed by atoms with Crippen molar-refractivity contribution in [3.8, 4) is 0 Å². The molecule has 0 aromatic heterocycles. The molecule has 0 radical (unpaired) electrons. The van der Waals surface area contributed by atoms with Crippen molar-refractivity contribution < 1.29 is 4.79 Å². The Morgan fingerprint density at radius 3 is 2.31 bits per heavy atom. The van der Waals surface area contributed by atoms with E-state index in [0.717, 1.165) is 25.7 Å². The number of amides is 1.